The van der Waals surface area contributed by atoms with Gasteiger partial charge in [-0.2, -0.15) is 5.26 Å². The molecule has 6 nitrogen and oxygen atoms in total. The number of nitrogens with zero attached hydrogens (tertiary/aromatic N) is 2. The van der Waals surface area contributed by atoms with Crippen LogP contribution in [0.15, 0.2) is 52.9 Å². The van der Waals surface area contributed by atoms with Crippen LogP contribution in [0.2, 0.25) is 5.02 Å². The predicted octanol–water partition coefficient (Wildman–Crippen LogP) is 5.64. The lowest BCUT2D eigenvalue weighted by Gasteiger charge is -2.04. The van der Waals surface area contributed by atoms with E-state index in [0.29, 0.717) is 33.5 Å². The summed E-state index contributed by atoms with van der Waals surface area (Å²) in [6.45, 7) is 1.99. The van der Waals surface area contributed by atoms with Crippen molar-refractivity contribution < 1.29 is 13.9 Å². The first-order valence-electron chi connectivity index (χ1n) is 9.05. The van der Waals surface area contributed by atoms with E-state index in [4.69, 9.17) is 20.8 Å². The molecule has 2 aromatic carbocycles. The Balaban J connectivity index is 1.68. The van der Waals surface area contributed by atoms with Gasteiger partial charge in [-0.1, -0.05) is 17.7 Å². The minimum atomic E-state index is -0.527. The quantitative estimate of drug-likeness (QED) is 0.343. The van der Waals surface area contributed by atoms with Crippen molar-refractivity contribution in [1.29, 1.82) is 5.26 Å². The normalized spacial score (nSPS) is 11.5. The smallest absolute Gasteiger partial charge is 0.339 e. The van der Waals surface area contributed by atoms with Gasteiger partial charge in [0.1, 0.15) is 23.4 Å². The maximum absolute atomic E-state index is 11.9. The number of rotatable bonds is 4. The van der Waals surface area contributed by atoms with Crippen LogP contribution in [0.3, 0.4) is 0 Å². The Labute approximate surface area is 177 Å². The standard InChI is InChI=1S/C23H16ClN3O3/c1-13-3-7-19-20(9-13)27-22(26-19)15(12-25)10-16-5-8-21(30-16)14-4-6-18(24)17(11-14)23(28)29-2/h3-11H,1-2H3,(H,26,27). The first-order chi connectivity index (χ1) is 14.5. The fourth-order valence-corrected chi connectivity index (χ4v) is 3.27. The molecule has 0 radical (unpaired) electrons. The number of carbonyl (C=O) groups excluding carboxylic acids is 1. The largest absolute Gasteiger partial charge is 0.465 e. The van der Waals surface area contributed by atoms with Crippen LogP contribution in [0.4, 0.5) is 0 Å². The van der Waals surface area contributed by atoms with E-state index in [1.54, 1.807) is 36.4 Å². The maximum atomic E-state index is 11.9. The highest BCUT2D eigenvalue weighted by Crippen LogP contribution is 2.29. The summed E-state index contributed by atoms with van der Waals surface area (Å²) < 4.78 is 10.6. The molecule has 2 aromatic heterocycles. The molecule has 0 bridgehead atoms. The third-order valence-corrected chi connectivity index (χ3v) is 4.91. The number of methoxy groups -OCH3 is 1. The Bertz CT molecular complexity index is 1340. The summed E-state index contributed by atoms with van der Waals surface area (Å²) in [6.07, 6.45) is 1.62. The molecule has 0 atom stereocenters. The van der Waals surface area contributed by atoms with E-state index in [-0.39, 0.29) is 5.56 Å². The van der Waals surface area contributed by atoms with Crippen LogP contribution in [-0.4, -0.2) is 23.0 Å². The van der Waals surface area contributed by atoms with Gasteiger partial charge in [0.05, 0.1) is 34.3 Å². The lowest BCUT2D eigenvalue weighted by atomic mass is 10.1. The number of esters is 1. The molecule has 0 unspecified atom stereocenters. The van der Waals surface area contributed by atoms with Crippen molar-refractivity contribution in [3.8, 4) is 17.4 Å². The highest BCUT2D eigenvalue weighted by Gasteiger charge is 2.14. The van der Waals surface area contributed by atoms with Crippen molar-refractivity contribution in [2.45, 2.75) is 6.92 Å². The number of benzene rings is 2. The van der Waals surface area contributed by atoms with E-state index in [1.165, 1.54) is 7.11 Å². The second kappa shape index (κ2) is 7.90. The summed E-state index contributed by atoms with van der Waals surface area (Å²) in [5.74, 6) is 0.948. The zero-order valence-electron chi connectivity index (χ0n) is 16.2. The summed E-state index contributed by atoms with van der Waals surface area (Å²) in [7, 11) is 1.30. The van der Waals surface area contributed by atoms with Gasteiger partial charge in [0.2, 0.25) is 0 Å². The zero-order chi connectivity index (χ0) is 21.3. The molecule has 4 rings (SSSR count). The van der Waals surface area contributed by atoms with E-state index < -0.39 is 5.97 Å². The van der Waals surface area contributed by atoms with Crippen molar-refractivity contribution in [2.24, 2.45) is 0 Å². The molecule has 0 amide bonds. The second-order valence-electron chi connectivity index (χ2n) is 6.66. The Morgan fingerprint density at radius 3 is 2.83 bits per heavy atom. The number of imidazole rings is 1. The molecular formula is C23H16ClN3O3. The van der Waals surface area contributed by atoms with E-state index >= 15 is 0 Å². The number of aromatic nitrogens is 2. The first-order valence-corrected chi connectivity index (χ1v) is 9.43. The molecule has 4 aromatic rings. The number of carbonyl (C=O) groups is 1. The monoisotopic (exact) mass is 417 g/mol. The Kier molecular flexibility index (Phi) is 5.13. The lowest BCUT2D eigenvalue weighted by molar-refractivity contribution is 0.0601. The number of hydrogen-bond acceptors (Lipinski definition) is 5. The Hall–Kier alpha value is -3.82. The van der Waals surface area contributed by atoms with Gasteiger partial charge in [-0.3, -0.25) is 0 Å². The summed E-state index contributed by atoms with van der Waals surface area (Å²) in [4.78, 5) is 19.5. The molecule has 1 N–H and O–H groups in total. The molecule has 2 heterocycles. The fourth-order valence-electron chi connectivity index (χ4n) is 3.08. The Morgan fingerprint density at radius 1 is 1.23 bits per heavy atom. The topological polar surface area (TPSA) is 91.9 Å². The van der Waals surface area contributed by atoms with E-state index in [0.717, 1.165) is 16.6 Å². The number of halogens is 1. The average Bonchev–Trinajstić information content (AvgIpc) is 3.38. The zero-order valence-corrected chi connectivity index (χ0v) is 16.9. The van der Waals surface area contributed by atoms with Crippen LogP contribution >= 0.6 is 11.6 Å². The van der Waals surface area contributed by atoms with Gasteiger partial charge in [0, 0.05) is 11.6 Å². The van der Waals surface area contributed by atoms with Gasteiger partial charge in [-0.25, -0.2) is 9.78 Å². The van der Waals surface area contributed by atoms with Crippen LogP contribution in [0, 0.1) is 18.3 Å². The molecule has 0 saturated heterocycles. The molecule has 0 aliphatic carbocycles. The van der Waals surface area contributed by atoms with Crippen LogP contribution in [0.5, 0.6) is 0 Å². The van der Waals surface area contributed by atoms with E-state index in [1.807, 2.05) is 25.1 Å². The highest BCUT2D eigenvalue weighted by atomic mass is 35.5. The summed E-state index contributed by atoms with van der Waals surface area (Å²) >= 11 is 6.07. The minimum Gasteiger partial charge on any atom is -0.465 e. The van der Waals surface area contributed by atoms with Crippen molar-refractivity contribution in [3.63, 3.8) is 0 Å². The van der Waals surface area contributed by atoms with Gasteiger partial charge in [-0.15, -0.1) is 0 Å². The molecule has 7 heteroatoms. The molecule has 0 aliphatic heterocycles. The van der Waals surface area contributed by atoms with Gasteiger partial charge < -0.3 is 14.1 Å². The fraction of sp³-hybridized carbons (Fsp3) is 0.0870. The number of allylic oxidation sites excluding steroid dienone is 1. The highest BCUT2D eigenvalue weighted by molar-refractivity contribution is 6.33. The van der Waals surface area contributed by atoms with E-state index in [2.05, 4.69) is 16.0 Å². The number of fused-ring (bicyclic) bond motifs is 1. The summed E-state index contributed by atoms with van der Waals surface area (Å²) in [5, 5.41) is 9.91. The second-order valence-corrected chi connectivity index (χ2v) is 7.07. The summed E-state index contributed by atoms with van der Waals surface area (Å²) in [5.41, 5.74) is 4.01. The summed E-state index contributed by atoms with van der Waals surface area (Å²) in [6, 6.07) is 16.5. The number of hydrogen-bond donors (Lipinski definition) is 1. The maximum Gasteiger partial charge on any atom is 0.339 e. The number of nitrogens with one attached hydrogen (secondary N) is 1. The van der Waals surface area contributed by atoms with Crippen LogP contribution in [-0.2, 0) is 4.74 Å². The van der Waals surface area contributed by atoms with Crippen LogP contribution < -0.4 is 0 Å². The minimum absolute atomic E-state index is 0.250. The number of H-pyrrole nitrogens is 1. The SMILES string of the molecule is COC(=O)c1cc(-c2ccc(C=C(C#N)c3nc4ccc(C)cc4[nH]3)o2)ccc1Cl. The lowest BCUT2D eigenvalue weighted by Crippen LogP contribution is -2.02. The van der Waals surface area contributed by atoms with Crippen LogP contribution in [0.25, 0.3) is 34.0 Å². The predicted molar refractivity (Wildman–Crippen MR) is 115 cm³/mol. The molecule has 0 fully saturated rings. The van der Waals surface area contributed by atoms with Gasteiger partial charge in [0.25, 0.3) is 0 Å². The van der Waals surface area contributed by atoms with Gasteiger partial charge in [-0.05, 0) is 55.0 Å². The number of aromatic amines is 1. The van der Waals surface area contributed by atoms with Crippen molar-refractivity contribution in [1.82, 2.24) is 9.97 Å². The number of furan rings is 1. The van der Waals surface area contributed by atoms with Crippen LogP contribution in [0.1, 0.15) is 27.5 Å². The molecule has 0 saturated carbocycles. The molecule has 0 aliphatic rings. The van der Waals surface area contributed by atoms with E-state index in [9.17, 15) is 10.1 Å². The van der Waals surface area contributed by atoms with Crippen molar-refractivity contribution >= 4 is 40.3 Å². The number of nitriles is 1. The third kappa shape index (κ3) is 3.71. The Morgan fingerprint density at radius 2 is 2.07 bits per heavy atom. The first kappa shape index (κ1) is 19.5. The number of ether oxygens (including phenoxy) is 1. The van der Waals surface area contributed by atoms with Crippen molar-refractivity contribution in [3.05, 3.63) is 76.3 Å². The van der Waals surface area contributed by atoms with Crippen molar-refractivity contribution in [2.75, 3.05) is 7.11 Å². The average molecular weight is 418 g/mol. The van der Waals surface area contributed by atoms with Gasteiger partial charge >= 0.3 is 5.97 Å². The number of aryl methyl sites for hydroxylation is 1. The molecule has 0 spiro atoms. The molecule has 148 valence electrons. The molecular weight excluding hydrogens is 402 g/mol. The third-order valence-electron chi connectivity index (χ3n) is 4.58. The van der Waals surface area contributed by atoms with Gasteiger partial charge in [0.15, 0.2) is 0 Å². The molecule has 30 heavy (non-hydrogen) atoms.